The fraction of sp³-hybridized carbons (Fsp3) is 0.471. The van der Waals surface area contributed by atoms with Crippen LogP contribution >= 0.6 is 0 Å². The second-order valence-electron chi connectivity index (χ2n) is 5.50. The van der Waals surface area contributed by atoms with E-state index in [1.54, 1.807) is 31.4 Å². The molecule has 1 unspecified atom stereocenters. The van der Waals surface area contributed by atoms with E-state index in [-0.39, 0.29) is 11.9 Å². The van der Waals surface area contributed by atoms with Gasteiger partial charge in [-0.1, -0.05) is 26.5 Å². The lowest BCUT2D eigenvalue weighted by atomic mass is 10.0. The molecule has 1 aromatic carbocycles. The maximum absolute atomic E-state index is 12.3. The van der Waals surface area contributed by atoms with E-state index >= 15 is 0 Å². The zero-order valence-electron chi connectivity index (χ0n) is 13.6. The lowest BCUT2D eigenvalue weighted by Crippen LogP contribution is -2.41. The number of hydrogen-bond donors (Lipinski definition) is 2. The number of amides is 1. The second-order valence-corrected chi connectivity index (χ2v) is 5.50. The molecule has 0 aliphatic carbocycles. The number of methoxy groups -OCH3 is 1. The smallest absolute Gasteiger partial charge is 0.251 e. The first-order valence-electron chi connectivity index (χ1n) is 7.44. The zero-order valence-corrected chi connectivity index (χ0v) is 13.6. The Balaban J connectivity index is 2.82. The van der Waals surface area contributed by atoms with Crippen molar-refractivity contribution in [1.82, 2.24) is 5.32 Å². The molecule has 0 heterocycles. The topological polar surface area (TPSA) is 73.6 Å². The van der Waals surface area contributed by atoms with Crippen LogP contribution in [0.15, 0.2) is 30.9 Å². The summed E-state index contributed by atoms with van der Waals surface area (Å²) in [5.41, 5.74) is 6.23. The molecule has 22 heavy (non-hydrogen) atoms. The average Bonchev–Trinajstić information content (AvgIpc) is 2.51. The normalized spacial score (nSPS) is 11.9. The highest BCUT2D eigenvalue weighted by atomic mass is 16.5. The van der Waals surface area contributed by atoms with Gasteiger partial charge in [-0.05, 0) is 30.5 Å². The quantitative estimate of drug-likeness (QED) is 0.687. The summed E-state index contributed by atoms with van der Waals surface area (Å²) in [5, 5.41) is 2.95. The van der Waals surface area contributed by atoms with Crippen LogP contribution in [0, 0.1) is 5.92 Å². The number of nitrogens with two attached hydrogens (primary N) is 1. The van der Waals surface area contributed by atoms with Crippen molar-refractivity contribution in [2.24, 2.45) is 11.7 Å². The molecular formula is C17H26N2O3. The van der Waals surface area contributed by atoms with E-state index in [1.165, 1.54) is 0 Å². The second kappa shape index (κ2) is 9.10. The highest BCUT2D eigenvalue weighted by Crippen LogP contribution is 2.28. The molecule has 1 rings (SSSR count). The Morgan fingerprint density at radius 1 is 1.41 bits per heavy atom. The Morgan fingerprint density at radius 2 is 2.14 bits per heavy atom. The summed E-state index contributed by atoms with van der Waals surface area (Å²) < 4.78 is 10.7. The molecule has 0 saturated heterocycles. The summed E-state index contributed by atoms with van der Waals surface area (Å²) in [7, 11) is 1.54. The number of carbonyl (C=O) groups excluding carboxylic acids is 1. The van der Waals surface area contributed by atoms with Crippen molar-refractivity contribution in [3.63, 3.8) is 0 Å². The van der Waals surface area contributed by atoms with E-state index in [0.29, 0.717) is 36.1 Å². The number of hydrogen-bond acceptors (Lipinski definition) is 4. The Morgan fingerprint density at radius 3 is 2.68 bits per heavy atom. The summed E-state index contributed by atoms with van der Waals surface area (Å²) >= 11 is 0. The Kier molecular flexibility index (Phi) is 7.46. The average molecular weight is 306 g/mol. The van der Waals surface area contributed by atoms with Crippen molar-refractivity contribution >= 4 is 5.91 Å². The fourth-order valence-corrected chi connectivity index (χ4v) is 2.13. The van der Waals surface area contributed by atoms with Gasteiger partial charge >= 0.3 is 0 Å². The van der Waals surface area contributed by atoms with Gasteiger partial charge in [0.2, 0.25) is 0 Å². The summed E-state index contributed by atoms with van der Waals surface area (Å²) in [6, 6.07) is 5.06. The lowest BCUT2D eigenvalue weighted by molar-refractivity contribution is 0.0933. The molecular weight excluding hydrogens is 280 g/mol. The van der Waals surface area contributed by atoms with Crippen molar-refractivity contribution < 1.29 is 14.3 Å². The van der Waals surface area contributed by atoms with Gasteiger partial charge in [-0.15, -0.1) is 0 Å². The molecule has 3 N–H and O–H groups in total. The van der Waals surface area contributed by atoms with Gasteiger partial charge in [-0.25, -0.2) is 0 Å². The van der Waals surface area contributed by atoms with Gasteiger partial charge in [0.15, 0.2) is 11.5 Å². The Hall–Kier alpha value is -2.01. The molecule has 1 aromatic rings. The highest BCUT2D eigenvalue weighted by molar-refractivity contribution is 5.95. The summed E-state index contributed by atoms with van der Waals surface area (Å²) in [5.74, 6) is 1.40. The highest BCUT2D eigenvalue weighted by Gasteiger charge is 2.15. The summed E-state index contributed by atoms with van der Waals surface area (Å²) in [4.78, 5) is 12.3. The van der Waals surface area contributed by atoms with Crippen LogP contribution in [0.2, 0.25) is 0 Å². The number of carbonyl (C=O) groups is 1. The fourth-order valence-electron chi connectivity index (χ4n) is 2.13. The van der Waals surface area contributed by atoms with E-state index in [4.69, 9.17) is 15.2 Å². The first kappa shape index (κ1) is 18.0. The van der Waals surface area contributed by atoms with Crippen LogP contribution in [0.5, 0.6) is 11.5 Å². The minimum Gasteiger partial charge on any atom is -0.493 e. The monoisotopic (exact) mass is 306 g/mol. The van der Waals surface area contributed by atoms with Crippen molar-refractivity contribution in [3.8, 4) is 11.5 Å². The van der Waals surface area contributed by atoms with Crippen molar-refractivity contribution in [3.05, 3.63) is 36.4 Å². The minimum atomic E-state index is -0.162. The van der Waals surface area contributed by atoms with E-state index in [9.17, 15) is 4.79 Å². The number of nitrogens with one attached hydrogen (secondary N) is 1. The Bertz CT molecular complexity index is 501. The molecule has 0 fully saturated rings. The van der Waals surface area contributed by atoms with Gasteiger partial charge in [-0.3, -0.25) is 4.79 Å². The third-order valence-corrected chi connectivity index (χ3v) is 3.16. The number of rotatable bonds is 9. The Labute approximate surface area is 132 Å². The molecule has 0 bridgehead atoms. The lowest BCUT2D eigenvalue weighted by Gasteiger charge is -2.19. The van der Waals surface area contributed by atoms with Gasteiger partial charge in [0.25, 0.3) is 5.91 Å². The van der Waals surface area contributed by atoms with E-state index < -0.39 is 0 Å². The first-order valence-corrected chi connectivity index (χ1v) is 7.44. The predicted octanol–water partition coefficient (Wildman–Crippen LogP) is 2.36. The largest absolute Gasteiger partial charge is 0.493 e. The van der Waals surface area contributed by atoms with Gasteiger partial charge in [-0.2, -0.15) is 0 Å². The van der Waals surface area contributed by atoms with Crippen LogP contribution in [-0.2, 0) is 0 Å². The zero-order chi connectivity index (χ0) is 16.5. The minimum absolute atomic E-state index is 0.0322. The maximum atomic E-state index is 12.3. The molecule has 0 aliphatic rings. The molecule has 5 heteroatoms. The van der Waals surface area contributed by atoms with Crippen LogP contribution in [-0.4, -0.2) is 32.2 Å². The van der Waals surface area contributed by atoms with Crippen LogP contribution < -0.4 is 20.5 Å². The number of ether oxygens (including phenoxy) is 2. The van der Waals surface area contributed by atoms with Gasteiger partial charge in [0, 0.05) is 18.2 Å². The molecule has 122 valence electrons. The van der Waals surface area contributed by atoms with Crippen molar-refractivity contribution in [1.29, 1.82) is 0 Å². The SMILES string of the molecule is C=CCOc1ccc(C(=O)NC(CN)CC(C)C)cc1OC. The molecule has 5 nitrogen and oxygen atoms in total. The van der Waals surface area contributed by atoms with Crippen LogP contribution in [0.4, 0.5) is 0 Å². The first-order chi connectivity index (χ1) is 10.5. The standard InChI is InChI=1S/C17H26N2O3/c1-5-8-22-15-7-6-13(10-16(15)21-4)17(20)19-14(11-18)9-12(2)3/h5-7,10,12,14H,1,8-9,11,18H2,2-4H3,(H,19,20). The third kappa shape index (κ3) is 5.41. The molecule has 0 aliphatic heterocycles. The van der Waals surface area contributed by atoms with Crippen LogP contribution in [0.25, 0.3) is 0 Å². The molecule has 0 saturated carbocycles. The third-order valence-electron chi connectivity index (χ3n) is 3.16. The van der Waals surface area contributed by atoms with Crippen LogP contribution in [0.1, 0.15) is 30.6 Å². The van der Waals surface area contributed by atoms with Gasteiger partial charge < -0.3 is 20.5 Å². The van der Waals surface area contributed by atoms with E-state index in [2.05, 4.69) is 25.7 Å². The number of benzene rings is 1. The van der Waals surface area contributed by atoms with Crippen molar-refractivity contribution in [2.75, 3.05) is 20.3 Å². The predicted molar refractivity (Wildman–Crippen MR) is 88.4 cm³/mol. The van der Waals surface area contributed by atoms with Crippen molar-refractivity contribution in [2.45, 2.75) is 26.3 Å². The maximum Gasteiger partial charge on any atom is 0.251 e. The van der Waals surface area contributed by atoms with E-state index in [1.807, 2.05) is 0 Å². The molecule has 1 atom stereocenters. The van der Waals surface area contributed by atoms with Gasteiger partial charge in [0.1, 0.15) is 6.61 Å². The molecule has 0 aromatic heterocycles. The summed E-state index contributed by atoms with van der Waals surface area (Å²) in [6.45, 7) is 8.60. The molecule has 1 amide bonds. The summed E-state index contributed by atoms with van der Waals surface area (Å²) in [6.07, 6.45) is 2.50. The van der Waals surface area contributed by atoms with E-state index in [0.717, 1.165) is 6.42 Å². The van der Waals surface area contributed by atoms with Crippen LogP contribution in [0.3, 0.4) is 0 Å². The van der Waals surface area contributed by atoms with Gasteiger partial charge in [0.05, 0.1) is 7.11 Å². The molecule has 0 radical (unpaired) electrons. The molecule has 0 spiro atoms.